The van der Waals surface area contributed by atoms with E-state index in [2.05, 4.69) is 49.5 Å². The smallest absolute Gasteiger partial charge is 0.0372 e. The molecule has 0 spiro atoms. The second kappa shape index (κ2) is 5.63. The van der Waals surface area contributed by atoms with Crippen LogP contribution in [0.2, 0.25) is 0 Å². The van der Waals surface area contributed by atoms with Crippen LogP contribution in [0.15, 0.2) is 18.3 Å². The number of rotatable bonds is 3. The summed E-state index contributed by atoms with van der Waals surface area (Å²) in [6, 6.07) is 4.42. The third-order valence-corrected chi connectivity index (χ3v) is 4.08. The minimum absolute atomic E-state index is 0.694. The Morgan fingerprint density at radius 3 is 2.82 bits per heavy atom. The number of aryl methyl sites for hydroxylation is 1. The highest BCUT2D eigenvalue weighted by Gasteiger charge is 2.29. The Hall–Kier alpha value is -0.890. The number of pyridine rings is 1. The first-order chi connectivity index (χ1) is 8.20. The molecule has 0 amide bonds. The molecule has 2 nitrogen and oxygen atoms in total. The molecule has 1 aromatic rings. The van der Waals surface area contributed by atoms with E-state index < -0.39 is 0 Å². The van der Waals surface area contributed by atoms with Crippen LogP contribution >= 0.6 is 0 Å². The predicted molar refractivity (Wildman–Crippen MR) is 72.1 cm³/mol. The summed E-state index contributed by atoms with van der Waals surface area (Å²) in [6.45, 7) is 5.56. The lowest BCUT2D eigenvalue weighted by Gasteiger charge is -2.35. The van der Waals surface area contributed by atoms with E-state index >= 15 is 0 Å². The average molecular weight is 232 g/mol. The summed E-state index contributed by atoms with van der Waals surface area (Å²) in [4.78, 5) is 4.45. The van der Waals surface area contributed by atoms with E-state index in [-0.39, 0.29) is 0 Å². The van der Waals surface area contributed by atoms with E-state index in [4.69, 9.17) is 0 Å². The van der Waals surface area contributed by atoms with Crippen molar-refractivity contribution in [2.45, 2.75) is 39.0 Å². The van der Waals surface area contributed by atoms with Gasteiger partial charge >= 0.3 is 0 Å². The van der Waals surface area contributed by atoms with Gasteiger partial charge in [-0.15, -0.1) is 0 Å². The molecule has 2 rings (SSSR count). The first-order valence-electron chi connectivity index (χ1n) is 6.78. The number of aromatic nitrogens is 1. The van der Waals surface area contributed by atoms with Gasteiger partial charge in [-0.3, -0.25) is 4.98 Å². The van der Waals surface area contributed by atoms with Crippen molar-refractivity contribution >= 4 is 0 Å². The van der Waals surface area contributed by atoms with E-state index in [1.54, 1.807) is 0 Å². The minimum Gasteiger partial charge on any atom is -0.319 e. The normalized spacial score (nSPS) is 29.2. The molecular formula is C15H24N2. The van der Waals surface area contributed by atoms with Gasteiger partial charge < -0.3 is 5.32 Å². The second-order valence-electron chi connectivity index (χ2n) is 5.58. The fraction of sp³-hybridized carbons (Fsp3) is 0.667. The van der Waals surface area contributed by atoms with Crippen molar-refractivity contribution in [2.75, 3.05) is 13.6 Å². The van der Waals surface area contributed by atoms with Crippen LogP contribution in [0, 0.1) is 18.8 Å². The van der Waals surface area contributed by atoms with Gasteiger partial charge in [-0.25, -0.2) is 0 Å². The van der Waals surface area contributed by atoms with Crippen LogP contribution in [0.5, 0.6) is 0 Å². The third-order valence-electron chi connectivity index (χ3n) is 4.08. The molecule has 2 heteroatoms. The molecule has 17 heavy (non-hydrogen) atoms. The second-order valence-corrected chi connectivity index (χ2v) is 5.58. The lowest BCUT2D eigenvalue weighted by atomic mass is 9.72. The van der Waals surface area contributed by atoms with Crippen molar-refractivity contribution in [2.24, 2.45) is 11.8 Å². The predicted octanol–water partition coefficient (Wildman–Crippen LogP) is 3.13. The molecule has 1 aliphatic carbocycles. The van der Waals surface area contributed by atoms with E-state index in [0.29, 0.717) is 5.92 Å². The maximum atomic E-state index is 4.45. The fourth-order valence-corrected chi connectivity index (χ4v) is 3.06. The molecule has 1 N–H and O–H groups in total. The van der Waals surface area contributed by atoms with E-state index in [1.807, 2.05) is 0 Å². The first-order valence-corrected chi connectivity index (χ1v) is 6.78. The van der Waals surface area contributed by atoms with E-state index in [9.17, 15) is 0 Å². The standard InChI is InChI=1S/C15H24N2/c1-11-4-6-13(9-16-3)15(8-11)14-7-5-12(2)17-10-14/h5,7,10-11,13,15-16H,4,6,8-9H2,1-3H3. The van der Waals surface area contributed by atoms with Gasteiger partial charge in [0.1, 0.15) is 0 Å². The Morgan fingerprint density at radius 1 is 1.35 bits per heavy atom. The SMILES string of the molecule is CNCC1CCC(C)CC1c1ccc(C)nc1. The van der Waals surface area contributed by atoms with Crippen molar-refractivity contribution in [1.29, 1.82) is 0 Å². The van der Waals surface area contributed by atoms with Crippen LogP contribution in [0.1, 0.15) is 43.4 Å². The quantitative estimate of drug-likeness (QED) is 0.866. The highest BCUT2D eigenvalue weighted by molar-refractivity contribution is 5.19. The van der Waals surface area contributed by atoms with E-state index in [1.165, 1.54) is 24.8 Å². The van der Waals surface area contributed by atoms with Crippen LogP contribution < -0.4 is 5.32 Å². The van der Waals surface area contributed by atoms with Crippen LogP contribution in [0.25, 0.3) is 0 Å². The number of nitrogens with one attached hydrogen (secondary N) is 1. The lowest BCUT2D eigenvalue weighted by Crippen LogP contribution is -2.30. The van der Waals surface area contributed by atoms with Crippen molar-refractivity contribution in [3.05, 3.63) is 29.6 Å². The molecule has 1 saturated carbocycles. The molecule has 0 radical (unpaired) electrons. The summed E-state index contributed by atoms with van der Waals surface area (Å²) in [5.41, 5.74) is 2.55. The summed E-state index contributed by atoms with van der Waals surface area (Å²) < 4.78 is 0. The van der Waals surface area contributed by atoms with Crippen LogP contribution in [0.3, 0.4) is 0 Å². The molecular weight excluding hydrogens is 208 g/mol. The molecule has 0 aromatic carbocycles. The van der Waals surface area contributed by atoms with Crippen molar-refractivity contribution in [1.82, 2.24) is 10.3 Å². The maximum Gasteiger partial charge on any atom is 0.0372 e. The largest absolute Gasteiger partial charge is 0.319 e. The molecule has 94 valence electrons. The monoisotopic (exact) mass is 232 g/mol. The highest BCUT2D eigenvalue weighted by atomic mass is 14.8. The zero-order valence-corrected chi connectivity index (χ0v) is 11.2. The van der Waals surface area contributed by atoms with Gasteiger partial charge in [0.15, 0.2) is 0 Å². The topological polar surface area (TPSA) is 24.9 Å². The van der Waals surface area contributed by atoms with Gasteiger partial charge in [0.05, 0.1) is 0 Å². The fourth-order valence-electron chi connectivity index (χ4n) is 3.06. The van der Waals surface area contributed by atoms with Crippen LogP contribution in [-0.2, 0) is 0 Å². The maximum absolute atomic E-state index is 4.45. The summed E-state index contributed by atoms with van der Waals surface area (Å²) in [6.07, 6.45) is 6.13. The van der Waals surface area contributed by atoms with Gasteiger partial charge in [-0.1, -0.05) is 19.4 Å². The molecule has 1 aliphatic rings. The van der Waals surface area contributed by atoms with Gasteiger partial charge in [-0.2, -0.15) is 0 Å². The van der Waals surface area contributed by atoms with Crippen molar-refractivity contribution in [3.8, 4) is 0 Å². The minimum atomic E-state index is 0.694. The summed E-state index contributed by atoms with van der Waals surface area (Å²) in [5, 5.41) is 3.34. The van der Waals surface area contributed by atoms with E-state index in [0.717, 1.165) is 24.1 Å². The highest BCUT2D eigenvalue weighted by Crippen LogP contribution is 2.39. The summed E-state index contributed by atoms with van der Waals surface area (Å²) in [7, 11) is 2.06. The molecule has 0 bridgehead atoms. The number of nitrogens with zero attached hydrogens (tertiary/aromatic N) is 1. The Morgan fingerprint density at radius 2 is 2.18 bits per heavy atom. The van der Waals surface area contributed by atoms with Gasteiger partial charge in [-0.05, 0) is 62.7 Å². The molecule has 0 aliphatic heterocycles. The Labute approximate surface area is 105 Å². The molecule has 3 unspecified atom stereocenters. The molecule has 1 fully saturated rings. The molecule has 1 heterocycles. The Kier molecular flexibility index (Phi) is 4.16. The van der Waals surface area contributed by atoms with Crippen LogP contribution in [0.4, 0.5) is 0 Å². The van der Waals surface area contributed by atoms with Gasteiger partial charge in [0, 0.05) is 11.9 Å². The number of hydrogen-bond acceptors (Lipinski definition) is 2. The van der Waals surface area contributed by atoms with Crippen molar-refractivity contribution in [3.63, 3.8) is 0 Å². The molecule has 1 aromatic heterocycles. The number of hydrogen-bond donors (Lipinski definition) is 1. The third kappa shape index (κ3) is 3.06. The van der Waals surface area contributed by atoms with Crippen LogP contribution in [-0.4, -0.2) is 18.6 Å². The molecule has 3 atom stereocenters. The Bertz CT molecular complexity index is 344. The zero-order chi connectivity index (χ0) is 12.3. The van der Waals surface area contributed by atoms with Gasteiger partial charge in [0.2, 0.25) is 0 Å². The van der Waals surface area contributed by atoms with Gasteiger partial charge in [0.25, 0.3) is 0 Å². The zero-order valence-electron chi connectivity index (χ0n) is 11.2. The summed E-state index contributed by atoms with van der Waals surface area (Å²) in [5.74, 6) is 2.33. The first kappa shape index (κ1) is 12.6. The average Bonchev–Trinajstić information content (AvgIpc) is 2.33. The van der Waals surface area contributed by atoms with Crippen molar-refractivity contribution < 1.29 is 0 Å². The summed E-state index contributed by atoms with van der Waals surface area (Å²) >= 11 is 0. The molecule has 0 saturated heterocycles. The lowest BCUT2D eigenvalue weighted by molar-refractivity contribution is 0.244. The Balaban J connectivity index is 2.16.